The van der Waals surface area contributed by atoms with Crippen LogP contribution in [0.1, 0.15) is 94.3 Å². The summed E-state index contributed by atoms with van der Waals surface area (Å²) in [5, 5.41) is 4.20. The molecule has 0 saturated carbocycles. The van der Waals surface area contributed by atoms with Gasteiger partial charge in [-0.25, -0.2) is 14.5 Å². The highest BCUT2D eigenvalue weighted by molar-refractivity contribution is 5.92. The number of unbranched alkanes of at least 4 members (excludes halogenated alkanes) is 11. The molecule has 0 unspecified atom stereocenters. The first kappa shape index (κ1) is 25.8. The average molecular weight is 425 g/mol. The Morgan fingerprint density at radius 3 is 1.93 bits per heavy atom. The fourth-order valence-electron chi connectivity index (χ4n) is 3.06. The number of ether oxygens (including phenoxy) is 2. The van der Waals surface area contributed by atoms with Crippen LogP contribution in [-0.4, -0.2) is 25.8 Å². The zero-order chi connectivity index (χ0) is 21.9. The molecule has 0 radical (unpaired) electrons. The van der Waals surface area contributed by atoms with E-state index in [9.17, 15) is 9.59 Å². The van der Waals surface area contributed by atoms with Crippen molar-refractivity contribution in [1.82, 2.24) is 0 Å². The van der Waals surface area contributed by atoms with Gasteiger partial charge >= 0.3 is 12.1 Å². The van der Waals surface area contributed by atoms with Crippen LogP contribution in [0.4, 0.5) is 4.79 Å². The monoisotopic (exact) mass is 424 g/mol. The zero-order valence-corrected chi connectivity index (χ0v) is 18.4. The lowest BCUT2D eigenvalue weighted by molar-refractivity contribution is -0.452. The molecule has 1 rings (SSSR count). The van der Waals surface area contributed by atoms with Crippen LogP contribution in [0.15, 0.2) is 24.3 Å². The van der Waals surface area contributed by atoms with Crippen molar-refractivity contribution < 1.29 is 33.9 Å². The van der Waals surface area contributed by atoms with E-state index in [0.717, 1.165) is 19.3 Å². The summed E-state index contributed by atoms with van der Waals surface area (Å²) in [5.74, 6) is -0.526. The molecule has 1 aromatic rings. The van der Waals surface area contributed by atoms with Gasteiger partial charge < -0.3 is 9.47 Å². The Morgan fingerprint density at radius 1 is 0.767 bits per heavy atom. The predicted octanol–water partition coefficient (Wildman–Crippen LogP) is 6.55. The quantitative estimate of drug-likeness (QED) is 0.121. The second-order valence-corrected chi connectivity index (χ2v) is 7.21. The van der Waals surface area contributed by atoms with E-state index >= 15 is 0 Å². The molecule has 0 aliphatic heterocycles. The summed E-state index contributed by atoms with van der Waals surface area (Å²) in [6, 6.07) is 6.44. The maximum atomic E-state index is 11.8. The van der Waals surface area contributed by atoms with Crippen molar-refractivity contribution >= 4 is 12.1 Å². The van der Waals surface area contributed by atoms with Crippen LogP contribution in [0.2, 0.25) is 0 Å². The van der Waals surface area contributed by atoms with Crippen molar-refractivity contribution in [3.63, 3.8) is 0 Å². The molecule has 0 N–H and O–H groups in total. The van der Waals surface area contributed by atoms with Crippen LogP contribution >= 0.6 is 0 Å². The lowest BCUT2D eigenvalue weighted by Crippen LogP contribution is -2.13. The second kappa shape index (κ2) is 17.6. The molecule has 0 fully saturated rings. The maximum Gasteiger partial charge on any atom is 0.543 e. The number of carbonyl (C=O) groups is 2. The smallest absolute Gasteiger partial charge is 0.496 e. The van der Waals surface area contributed by atoms with Crippen LogP contribution in [0.25, 0.3) is 0 Å². The van der Waals surface area contributed by atoms with Crippen molar-refractivity contribution in [2.24, 2.45) is 0 Å². The third-order valence-electron chi connectivity index (χ3n) is 4.76. The molecule has 0 saturated heterocycles. The van der Waals surface area contributed by atoms with Gasteiger partial charge in [-0.1, -0.05) is 89.7 Å². The van der Waals surface area contributed by atoms with Gasteiger partial charge in [-0.05, 0) is 18.6 Å². The van der Waals surface area contributed by atoms with Gasteiger partial charge in [0.1, 0.15) is 11.3 Å². The van der Waals surface area contributed by atoms with Crippen molar-refractivity contribution in [2.45, 2.75) is 84.0 Å². The minimum Gasteiger partial charge on any atom is -0.496 e. The molecule has 7 nitrogen and oxygen atoms in total. The number of methoxy groups -OCH3 is 1. The molecule has 0 amide bonds. The van der Waals surface area contributed by atoms with E-state index in [-0.39, 0.29) is 12.2 Å². The summed E-state index contributed by atoms with van der Waals surface area (Å²) in [6.07, 6.45) is 13.7. The topological polar surface area (TPSA) is 80.3 Å². The Bertz CT molecular complexity index is 589. The molecule has 30 heavy (non-hydrogen) atoms. The number of benzene rings is 1. The molecule has 0 bridgehead atoms. The normalized spacial score (nSPS) is 10.5. The van der Waals surface area contributed by atoms with Crippen LogP contribution in [0.3, 0.4) is 0 Å². The number of hydrogen-bond acceptors (Lipinski definition) is 7. The molecule has 0 aliphatic rings. The first-order chi connectivity index (χ1) is 14.7. The van der Waals surface area contributed by atoms with Gasteiger partial charge in [-0.15, -0.1) is 0 Å². The van der Waals surface area contributed by atoms with Crippen LogP contribution in [-0.2, 0) is 19.6 Å². The van der Waals surface area contributed by atoms with E-state index in [1.807, 2.05) is 0 Å². The molecular weight excluding hydrogens is 388 g/mol. The molecule has 0 aliphatic carbocycles. The zero-order valence-electron chi connectivity index (χ0n) is 18.4. The van der Waals surface area contributed by atoms with E-state index in [2.05, 4.69) is 21.7 Å². The minimum absolute atomic E-state index is 0.147. The minimum atomic E-state index is -1.05. The third kappa shape index (κ3) is 12.3. The summed E-state index contributed by atoms with van der Waals surface area (Å²) >= 11 is 0. The van der Waals surface area contributed by atoms with Gasteiger partial charge in [-0.2, -0.15) is 0 Å². The summed E-state index contributed by atoms with van der Waals surface area (Å²) < 4.78 is 9.90. The summed E-state index contributed by atoms with van der Waals surface area (Å²) in [6.45, 7) is 2.48. The lowest BCUT2D eigenvalue weighted by atomic mass is 10.1. The SMILES string of the molecule is CCCCCCCCCCCCCCOC(=O)OOOC(=O)c1ccccc1OC. The highest BCUT2D eigenvalue weighted by Crippen LogP contribution is 2.18. The number of hydrogen-bond donors (Lipinski definition) is 0. The van der Waals surface area contributed by atoms with Crippen LogP contribution in [0, 0.1) is 0 Å². The Kier molecular flexibility index (Phi) is 15.1. The van der Waals surface area contributed by atoms with Crippen LogP contribution < -0.4 is 4.74 Å². The van der Waals surface area contributed by atoms with Gasteiger partial charge in [-0.3, -0.25) is 4.89 Å². The van der Waals surface area contributed by atoms with Gasteiger partial charge in [0, 0.05) is 0 Å². The summed E-state index contributed by atoms with van der Waals surface area (Å²) in [7, 11) is 1.43. The van der Waals surface area contributed by atoms with Gasteiger partial charge in [0.2, 0.25) is 0 Å². The predicted molar refractivity (Wildman–Crippen MR) is 113 cm³/mol. The number of carbonyl (C=O) groups excluding carboxylic acids is 2. The maximum absolute atomic E-state index is 11.8. The second-order valence-electron chi connectivity index (χ2n) is 7.21. The summed E-state index contributed by atoms with van der Waals surface area (Å²) in [5.41, 5.74) is 0.147. The summed E-state index contributed by atoms with van der Waals surface area (Å²) in [4.78, 5) is 31.9. The van der Waals surface area contributed by atoms with Crippen LogP contribution in [0.5, 0.6) is 5.75 Å². The molecule has 1 aromatic carbocycles. The molecule has 170 valence electrons. The van der Waals surface area contributed by atoms with Gasteiger partial charge in [0.25, 0.3) is 0 Å². The molecular formula is C23H36O7. The Labute approximate surface area is 179 Å². The first-order valence-corrected chi connectivity index (χ1v) is 11.0. The molecule has 0 heterocycles. The van der Waals surface area contributed by atoms with E-state index in [1.165, 1.54) is 71.0 Å². The molecule has 0 atom stereocenters. The largest absolute Gasteiger partial charge is 0.543 e. The Balaban J connectivity index is 1.93. The number of rotatable bonds is 17. The highest BCUT2D eigenvalue weighted by atomic mass is 17.5. The molecule has 0 spiro atoms. The van der Waals surface area contributed by atoms with E-state index in [0.29, 0.717) is 5.75 Å². The van der Waals surface area contributed by atoms with Crippen molar-refractivity contribution in [1.29, 1.82) is 0 Å². The highest BCUT2D eigenvalue weighted by Gasteiger charge is 2.16. The first-order valence-electron chi connectivity index (χ1n) is 11.0. The molecule has 7 heteroatoms. The van der Waals surface area contributed by atoms with E-state index < -0.39 is 12.1 Å². The fourth-order valence-corrected chi connectivity index (χ4v) is 3.06. The van der Waals surface area contributed by atoms with Crippen molar-refractivity contribution in [2.75, 3.05) is 13.7 Å². The lowest BCUT2D eigenvalue weighted by Gasteiger charge is -2.06. The Hall–Kier alpha value is -2.28. The number of para-hydroxylation sites is 1. The van der Waals surface area contributed by atoms with Gasteiger partial charge in [0.05, 0.1) is 18.8 Å². The Morgan fingerprint density at radius 2 is 1.33 bits per heavy atom. The average Bonchev–Trinajstić information content (AvgIpc) is 2.76. The van der Waals surface area contributed by atoms with E-state index in [1.54, 1.807) is 18.2 Å². The van der Waals surface area contributed by atoms with Crippen molar-refractivity contribution in [3.05, 3.63) is 29.8 Å². The molecule has 0 aromatic heterocycles. The standard InChI is InChI=1S/C23H36O7/c1-3-4-5-6-7-8-9-10-11-12-13-16-19-27-23(25)29-30-28-22(24)20-17-14-15-18-21(20)26-2/h14-15,17-18H,3-13,16,19H2,1-2H3. The fraction of sp³-hybridized carbons (Fsp3) is 0.652. The van der Waals surface area contributed by atoms with Crippen molar-refractivity contribution in [3.8, 4) is 5.75 Å². The third-order valence-corrected chi connectivity index (χ3v) is 4.76. The van der Waals surface area contributed by atoms with Gasteiger partial charge in [0.15, 0.2) is 0 Å². The van der Waals surface area contributed by atoms with E-state index in [4.69, 9.17) is 9.47 Å².